The van der Waals surface area contributed by atoms with Crippen LogP contribution in [0.5, 0.6) is 0 Å². The van der Waals surface area contributed by atoms with Crippen LogP contribution < -0.4 is 17.3 Å². The fraction of sp³-hybridized carbons (Fsp3) is 0.176. The minimum Gasteiger partial charge on any atom is -0.480 e. The van der Waals surface area contributed by atoms with E-state index in [1.54, 1.807) is 48.5 Å². The molecular weight excluding hydrogens is 376 g/mol. The molecule has 0 spiro atoms. The Kier molecular flexibility index (Phi) is 7.28. The first kappa shape index (κ1) is 22.4. The van der Waals surface area contributed by atoms with E-state index in [2.05, 4.69) is 0 Å². The maximum absolute atomic E-state index is 11.5. The second-order valence-electron chi connectivity index (χ2n) is 5.58. The molecule has 0 saturated heterocycles. The van der Waals surface area contributed by atoms with Crippen LogP contribution in [0.3, 0.4) is 0 Å². The molecule has 0 radical (unpaired) electrons. The largest absolute Gasteiger partial charge is 0.480 e. The Balaban J connectivity index is 0.00000182. The zero-order valence-corrected chi connectivity index (χ0v) is 15.1. The standard InChI is InChI=1S/C17H15ClN2O5.2H3N/c18-11-7-5-10(6-8-11)9-19-13-4-2-1-3-12(13)15(21)20(19)14(16(22)23)17(24)25;;/h1-8,14-15,21H,9H2,(H,22,23)(H,24,25);2*1H3. The third-order valence-electron chi connectivity index (χ3n) is 4.00. The van der Waals surface area contributed by atoms with E-state index in [9.17, 15) is 24.9 Å². The highest BCUT2D eigenvalue weighted by molar-refractivity contribution is 6.30. The maximum Gasteiger partial charge on any atom is 0.334 e. The van der Waals surface area contributed by atoms with Gasteiger partial charge in [-0.25, -0.2) is 9.59 Å². The second kappa shape index (κ2) is 8.80. The number of carboxylic acid groups (broad SMARTS) is 2. The van der Waals surface area contributed by atoms with E-state index >= 15 is 0 Å². The molecule has 0 aliphatic carbocycles. The highest BCUT2D eigenvalue weighted by atomic mass is 35.5. The molecule has 2 aromatic rings. The van der Waals surface area contributed by atoms with Crippen molar-refractivity contribution in [2.45, 2.75) is 18.8 Å². The smallest absolute Gasteiger partial charge is 0.334 e. The van der Waals surface area contributed by atoms with Gasteiger partial charge >= 0.3 is 11.9 Å². The molecule has 1 aliphatic heterocycles. The first-order valence-electron chi connectivity index (χ1n) is 7.43. The summed E-state index contributed by atoms with van der Waals surface area (Å²) in [6.07, 6.45) is -1.37. The molecule has 9 nitrogen and oxygen atoms in total. The fourth-order valence-electron chi connectivity index (χ4n) is 2.88. The zero-order chi connectivity index (χ0) is 18.1. The average Bonchev–Trinajstić information content (AvgIpc) is 2.83. The molecule has 0 saturated carbocycles. The van der Waals surface area contributed by atoms with Crippen LogP contribution in [-0.2, 0) is 16.1 Å². The summed E-state index contributed by atoms with van der Waals surface area (Å²) in [5.74, 6) is -3.11. The lowest BCUT2D eigenvalue weighted by Gasteiger charge is -2.34. The monoisotopic (exact) mass is 396 g/mol. The van der Waals surface area contributed by atoms with Crippen LogP contribution in [0, 0.1) is 0 Å². The van der Waals surface area contributed by atoms with E-state index in [1.807, 2.05) is 0 Å². The van der Waals surface area contributed by atoms with E-state index in [4.69, 9.17) is 11.6 Å². The van der Waals surface area contributed by atoms with Crippen LogP contribution in [0.4, 0.5) is 5.69 Å². The molecule has 3 rings (SSSR count). The molecule has 2 aromatic carbocycles. The number of fused-ring (bicyclic) bond motifs is 1. The summed E-state index contributed by atoms with van der Waals surface area (Å²) in [6.45, 7) is 0.183. The number of halogens is 1. The summed E-state index contributed by atoms with van der Waals surface area (Å²) in [7, 11) is 0. The number of aliphatic carboxylic acids is 2. The van der Waals surface area contributed by atoms with E-state index in [1.165, 1.54) is 5.01 Å². The molecule has 0 aromatic heterocycles. The molecule has 0 fully saturated rings. The summed E-state index contributed by atoms with van der Waals surface area (Å²) in [5, 5.41) is 32.2. The van der Waals surface area contributed by atoms with Gasteiger partial charge in [-0.2, -0.15) is 5.01 Å². The number of hydrazine groups is 1. The third kappa shape index (κ3) is 4.18. The van der Waals surface area contributed by atoms with E-state index in [0.717, 1.165) is 10.6 Å². The molecule has 1 heterocycles. The van der Waals surface area contributed by atoms with Gasteiger partial charge in [0.1, 0.15) is 0 Å². The molecule has 10 heteroatoms. The highest BCUT2D eigenvalue weighted by Crippen LogP contribution is 2.40. The molecule has 1 unspecified atom stereocenters. The number of aliphatic hydroxyl groups excluding tert-OH is 1. The number of nitrogens with zero attached hydrogens (tertiary/aromatic N) is 2. The van der Waals surface area contributed by atoms with Crippen molar-refractivity contribution in [3.05, 3.63) is 64.7 Å². The van der Waals surface area contributed by atoms with Gasteiger partial charge in [0.25, 0.3) is 0 Å². The minimum atomic E-state index is -1.92. The van der Waals surface area contributed by atoms with Crippen LogP contribution in [0.1, 0.15) is 17.4 Å². The number of benzene rings is 2. The second-order valence-corrected chi connectivity index (χ2v) is 6.01. The number of para-hydroxylation sites is 1. The van der Waals surface area contributed by atoms with Gasteiger partial charge in [0.15, 0.2) is 6.23 Å². The molecule has 1 atom stereocenters. The Morgan fingerprint density at radius 3 is 2.11 bits per heavy atom. The summed E-state index contributed by atoms with van der Waals surface area (Å²) < 4.78 is 0. The van der Waals surface area contributed by atoms with Gasteiger partial charge in [0.05, 0.1) is 12.2 Å². The topological polar surface area (TPSA) is 171 Å². The Labute approximate surface area is 160 Å². The summed E-state index contributed by atoms with van der Waals surface area (Å²) >= 11 is 5.88. The van der Waals surface area contributed by atoms with Crippen molar-refractivity contribution in [3.8, 4) is 0 Å². The molecule has 0 amide bonds. The number of aliphatic hydroxyl groups is 1. The van der Waals surface area contributed by atoms with E-state index in [-0.39, 0.29) is 18.8 Å². The molecule has 1 aliphatic rings. The van der Waals surface area contributed by atoms with Gasteiger partial charge < -0.3 is 27.6 Å². The van der Waals surface area contributed by atoms with Gasteiger partial charge in [-0.15, -0.1) is 0 Å². The SMILES string of the molecule is N.N.O=C(O)C(C(=O)O)N1C(O)c2ccccc2N1Cc1ccc(Cl)cc1. The quantitative estimate of drug-likeness (QED) is 0.475. The number of hydrogen-bond donors (Lipinski definition) is 5. The Hall–Kier alpha value is -2.69. The highest BCUT2D eigenvalue weighted by Gasteiger charge is 2.46. The first-order valence-corrected chi connectivity index (χ1v) is 7.81. The lowest BCUT2D eigenvalue weighted by Crippen LogP contribution is -2.53. The molecule has 27 heavy (non-hydrogen) atoms. The first-order chi connectivity index (χ1) is 11.9. The molecule has 0 bridgehead atoms. The van der Waals surface area contributed by atoms with Gasteiger partial charge in [-0.1, -0.05) is 41.9 Å². The van der Waals surface area contributed by atoms with E-state index in [0.29, 0.717) is 16.3 Å². The summed E-state index contributed by atoms with van der Waals surface area (Å²) in [6, 6.07) is 11.7. The summed E-state index contributed by atoms with van der Waals surface area (Å²) in [4.78, 5) is 23.0. The van der Waals surface area contributed by atoms with Crippen molar-refractivity contribution in [3.63, 3.8) is 0 Å². The zero-order valence-electron chi connectivity index (χ0n) is 14.3. The molecular formula is C17H21ClN4O5. The van der Waals surface area contributed by atoms with E-state index < -0.39 is 24.2 Å². The van der Waals surface area contributed by atoms with Crippen LogP contribution in [0.25, 0.3) is 0 Å². The predicted octanol–water partition coefficient (Wildman–Crippen LogP) is 2.43. The van der Waals surface area contributed by atoms with Gasteiger partial charge in [0, 0.05) is 10.6 Å². The Morgan fingerprint density at radius 2 is 1.56 bits per heavy atom. The number of carbonyl (C=O) groups is 2. The number of hydrogen-bond acceptors (Lipinski definition) is 7. The van der Waals surface area contributed by atoms with Gasteiger partial charge in [0.2, 0.25) is 6.04 Å². The molecule has 146 valence electrons. The predicted molar refractivity (Wildman–Crippen MR) is 100.0 cm³/mol. The van der Waals surface area contributed by atoms with Crippen molar-refractivity contribution in [2.24, 2.45) is 0 Å². The average molecular weight is 397 g/mol. The number of anilines is 1. The van der Waals surface area contributed by atoms with Crippen molar-refractivity contribution >= 4 is 29.2 Å². The fourth-order valence-corrected chi connectivity index (χ4v) is 3.01. The van der Waals surface area contributed by atoms with Gasteiger partial charge in [-0.3, -0.25) is 5.01 Å². The minimum absolute atomic E-state index is 0. The number of rotatable bonds is 5. The summed E-state index contributed by atoms with van der Waals surface area (Å²) in [5.41, 5.74) is 1.79. The van der Waals surface area contributed by atoms with Crippen molar-refractivity contribution < 1.29 is 24.9 Å². The number of carboxylic acids is 2. The van der Waals surface area contributed by atoms with Crippen molar-refractivity contribution in [2.75, 3.05) is 5.01 Å². The lowest BCUT2D eigenvalue weighted by molar-refractivity contribution is -0.163. The van der Waals surface area contributed by atoms with Crippen LogP contribution in [0.2, 0.25) is 5.02 Å². The Bertz CT molecular complexity index is 803. The van der Waals surface area contributed by atoms with Crippen LogP contribution in [0.15, 0.2) is 48.5 Å². The maximum atomic E-state index is 11.5. The van der Waals surface area contributed by atoms with Crippen LogP contribution >= 0.6 is 11.6 Å². The van der Waals surface area contributed by atoms with Crippen molar-refractivity contribution in [1.82, 2.24) is 17.3 Å². The lowest BCUT2D eigenvalue weighted by atomic mass is 10.1. The molecule has 9 N–H and O–H groups in total. The third-order valence-corrected chi connectivity index (χ3v) is 4.25. The van der Waals surface area contributed by atoms with Gasteiger partial charge in [-0.05, 0) is 23.8 Å². The van der Waals surface area contributed by atoms with Crippen molar-refractivity contribution in [1.29, 1.82) is 0 Å². The normalized spacial score (nSPS) is 15.7. The van der Waals surface area contributed by atoms with Crippen LogP contribution in [-0.4, -0.2) is 38.3 Å². The Morgan fingerprint density at radius 1 is 1.00 bits per heavy atom.